The summed E-state index contributed by atoms with van der Waals surface area (Å²) in [5, 5.41) is 9.05. The summed E-state index contributed by atoms with van der Waals surface area (Å²) >= 11 is 0. The van der Waals surface area contributed by atoms with Crippen LogP contribution in [-0.4, -0.2) is 66.1 Å². The topological polar surface area (TPSA) is 98.8 Å². The molecule has 0 saturated heterocycles. The molecule has 1 heterocycles. The van der Waals surface area contributed by atoms with Crippen LogP contribution in [0.1, 0.15) is 68.9 Å². The van der Waals surface area contributed by atoms with Crippen LogP contribution in [0.5, 0.6) is 0 Å². The average molecular weight is 563 g/mol. The van der Waals surface area contributed by atoms with E-state index in [1.807, 2.05) is 6.07 Å². The molecule has 0 atom stereocenters. The number of pyridine rings is 1. The van der Waals surface area contributed by atoms with Gasteiger partial charge >= 0.3 is 6.09 Å². The van der Waals surface area contributed by atoms with E-state index in [4.69, 9.17) is 4.74 Å². The van der Waals surface area contributed by atoms with Gasteiger partial charge in [0.05, 0.1) is 17.2 Å². The van der Waals surface area contributed by atoms with Gasteiger partial charge in [0.1, 0.15) is 11.3 Å². The summed E-state index contributed by atoms with van der Waals surface area (Å²) in [4.78, 5) is 34.0. The van der Waals surface area contributed by atoms with E-state index in [-0.39, 0.29) is 11.6 Å². The van der Waals surface area contributed by atoms with Gasteiger partial charge in [0.2, 0.25) is 0 Å². The fourth-order valence-corrected chi connectivity index (χ4v) is 4.41. The Morgan fingerprint density at radius 2 is 1.76 bits per heavy atom. The van der Waals surface area contributed by atoms with Crippen molar-refractivity contribution in [1.82, 2.24) is 20.1 Å². The van der Waals surface area contributed by atoms with Gasteiger partial charge in [0.15, 0.2) is 0 Å². The smallest absolute Gasteiger partial charge is 0.412 e. The molecule has 1 aliphatic rings. The number of likely N-dealkylation sites (N-methyl/N-ethyl adjacent to an activating group) is 1. The highest BCUT2D eigenvalue weighted by Gasteiger charge is 2.18. The first-order valence-electron chi connectivity index (χ1n) is 14.4. The second-order valence-electron chi connectivity index (χ2n) is 11.6. The average Bonchev–Trinajstić information content (AvgIpc) is 2.91. The summed E-state index contributed by atoms with van der Waals surface area (Å²) in [6.45, 7) is 12.9. The minimum Gasteiger partial charge on any atom is -0.444 e. The van der Waals surface area contributed by atoms with Gasteiger partial charge in [-0.1, -0.05) is 36.4 Å². The number of para-hydroxylation sites is 2. The molecule has 41 heavy (non-hydrogen) atoms. The van der Waals surface area contributed by atoms with Crippen molar-refractivity contribution in [2.24, 2.45) is 0 Å². The number of rotatable bonds is 13. The number of hydrogen-bond acceptors (Lipinski definition) is 7. The van der Waals surface area contributed by atoms with E-state index < -0.39 is 11.7 Å². The zero-order valence-corrected chi connectivity index (χ0v) is 25.3. The second kappa shape index (κ2) is 15.2. The molecular formula is C32H46N6O3. The molecule has 0 bridgehead atoms. The zero-order valence-electron chi connectivity index (χ0n) is 25.3. The third-order valence-electron chi connectivity index (χ3n) is 6.60. The summed E-state index contributed by atoms with van der Waals surface area (Å²) in [6.07, 6.45) is 9.55. The number of aromatic nitrogens is 1. The lowest BCUT2D eigenvalue weighted by molar-refractivity contribution is 0.0635. The van der Waals surface area contributed by atoms with Gasteiger partial charge in [-0.05, 0) is 90.7 Å². The SMILES string of the molecule is C=C(NCCC1=CCCCC1)N(CCN(C)C)Cc1ccc(C(=O)Nc2ccccc2NC(=O)OC(C)(C)C)nc1. The highest BCUT2D eigenvalue weighted by molar-refractivity contribution is 6.05. The van der Waals surface area contributed by atoms with E-state index in [0.29, 0.717) is 17.9 Å². The number of benzene rings is 1. The minimum absolute atomic E-state index is 0.276. The monoisotopic (exact) mass is 562 g/mol. The Morgan fingerprint density at radius 3 is 2.37 bits per heavy atom. The zero-order chi connectivity index (χ0) is 29.8. The molecule has 1 aromatic carbocycles. The fourth-order valence-electron chi connectivity index (χ4n) is 4.41. The first-order valence-corrected chi connectivity index (χ1v) is 14.4. The fraction of sp³-hybridized carbons (Fsp3) is 0.469. The van der Waals surface area contributed by atoms with E-state index in [1.54, 1.807) is 57.3 Å². The first-order chi connectivity index (χ1) is 19.5. The molecule has 9 heteroatoms. The summed E-state index contributed by atoms with van der Waals surface area (Å²) in [7, 11) is 4.11. The van der Waals surface area contributed by atoms with Crippen molar-refractivity contribution in [2.75, 3.05) is 44.4 Å². The lowest BCUT2D eigenvalue weighted by Gasteiger charge is -2.29. The Balaban J connectivity index is 1.60. The van der Waals surface area contributed by atoms with E-state index in [1.165, 1.54) is 31.3 Å². The molecule has 0 spiro atoms. The predicted molar refractivity (Wildman–Crippen MR) is 166 cm³/mol. The van der Waals surface area contributed by atoms with Gasteiger partial charge in [-0.15, -0.1) is 0 Å². The maximum atomic E-state index is 13.0. The Kier molecular flexibility index (Phi) is 11.8. The minimum atomic E-state index is -0.634. The number of nitrogens with one attached hydrogen (secondary N) is 3. The highest BCUT2D eigenvalue weighted by Crippen LogP contribution is 2.23. The predicted octanol–water partition coefficient (Wildman–Crippen LogP) is 6.00. The Labute approximate surface area is 245 Å². The molecule has 0 fully saturated rings. The lowest BCUT2D eigenvalue weighted by atomic mass is 9.97. The van der Waals surface area contributed by atoms with Crippen LogP contribution >= 0.6 is 0 Å². The van der Waals surface area contributed by atoms with Crippen LogP contribution in [0, 0.1) is 0 Å². The standard InChI is InChI=1S/C32H46N6O3/c1-24(33-19-18-25-12-8-7-9-13-25)38(21-20-37(5)6)23-26-16-17-29(34-22-26)30(39)35-27-14-10-11-15-28(27)36-31(40)41-32(2,3)4/h10-12,14-17,22,33H,1,7-9,13,18-21,23H2,2-6H3,(H,35,39)(H,36,40). The molecule has 3 rings (SSSR count). The third kappa shape index (κ3) is 11.3. The molecule has 1 aromatic heterocycles. The van der Waals surface area contributed by atoms with Crippen molar-refractivity contribution in [1.29, 1.82) is 0 Å². The molecule has 0 aliphatic heterocycles. The van der Waals surface area contributed by atoms with Crippen LogP contribution in [0.2, 0.25) is 0 Å². The Bertz CT molecular complexity index is 1200. The number of hydrogen-bond donors (Lipinski definition) is 3. The van der Waals surface area contributed by atoms with Gasteiger partial charge in [0.25, 0.3) is 5.91 Å². The maximum absolute atomic E-state index is 13.0. The molecule has 222 valence electrons. The van der Waals surface area contributed by atoms with Gasteiger partial charge in [0, 0.05) is 32.4 Å². The van der Waals surface area contributed by atoms with Crippen molar-refractivity contribution in [3.05, 3.63) is 77.9 Å². The van der Waals surface area contributed by atoms with Crippen LogP contribution in [0.3, 0.4) is 0 Å². The van der Waals surface area contributed by atoms with E-state index in [9.17, 15) is 9.59 Å². The molecule has 1 aliphatic carbocycles. The molecule has 0 unspecified atom stereocenters. The third-order valence-corrected chi connectivity index (χ3v) is 6.60. The molecule has 2 amide bonds. The second-order valence-corrected chi connectivity index (χ2v) is 11.6. The van der Waals surface area contributed by atoms with Crippen molar-refractivity contribution in [3.63, 3.8) is 0 Å². The molecule has 0 radical (unpaired) electrons. The number of carbonyl (C=O) groups is 2. The summed E-state index contributed by atoms with van der Waals surface area (Å²) in [5.74, 6) is 0.515. The maximum Gasteiger partial charge on any atom is 0.412 e. The lowest BCUT2D eigenvalue weighted by Crippen LogP contribution is -2.36. The molecule has 2 aromatic rings. The van der Waals surface area contributed by atoms with Crippen molar-refractivity contribution in [2.45, 2.75) is 65.0 Å². The largest absolute Gasteiger partial charge is 0.444 e. The normalized spacial score (nSPS) is 13.3. The number of ether oxygens (including phenoxy) is 1. The van der Waals surface area contributed by atoms with Crippen LogP contribution in [0.15, 0.2) is 66.6 Å². The van der Waals surface area contributed by atoms with E-state index in [2.05, 4.69) is 57.5 Å². The number of nitrogens with zero attached hydrogens (tertiary/aromatic N) is 3. The van der Waals surface area contributed by atoms with Crippen LogP contribution in [0.25, 0.3) is 0 Å². The quantitative estimate of drug-likeness (QED) is 0.258. The number of amides is 2. The van der Waals surface area contributed by atoms with Gasteiger partial charge in [-0.3, -0.25) is 15.1 Å². The van der Waals surface area contributed by atoms with E-state index >= 15 is 0 Å². The van der Waals surface area contributed by atoms with Crippen molar-refractivity contribution in [3.8, 4) is 0 Å². The van der Waals surface area contributed by atoms with Gasteiger partial charge in [-0.2, -0.15) is 0 Å². The number of anilines is 2. The molecule has 0 saturated carbocycles. The molecular weight excluding hydrogens is 516 g/mol. The van der Waals surface area contributed by atoms with Crippen LogP contribution in [-0.2, 0) is 11.3 Å². The Hall–Kier alpha value is -3.85. The summed E-state index contributed by atoms with van der Waals surface area (Å²) in [5.41, 5.74) is 3.05. The summed E-state index contributed by atoms with van der Waals surface area (Å²) in [6, 6.07) is 10.6. The molecule has 9 nitrogen and oxygen atoms in total. The number of carbonyl (C=O) groups excluding carboxylic acids is 2. The number of allylic oxidation sites excluding steroid dienone is 1. The van der Waals surface area contributed by atoms with Gasteiger partial charge in [-0.25, -0.2) is 4.79 Å². The first kappa shape index (κ1) is 31.7. The highest BCUT2D eigenvalue weighted by atomic mass is 16.6. The van der Waals surface area contributed by atoms with Gasteiger partial charge < -0.3 is 25.2 Å². The van der Waals surface area contributed by atoms with E-state index in [0.717, 1.165) is 37.4 Å². The van der Waals surface area contributed by atoms with Crippen molar-refractivity contribution < 1.29 is 14.3 Å². The molecule has 3 N–H and O–H groups in total. The van der Waals surface area contributed by atoms with Crippen molar-refractivity contribution >= 4 is 23.4 Å². The van der Waals surface area contributed by atoms with Crippen LogP contribution < -0.4 is 16.0 Å². The Morgan fingerprint density at radius 1 is 1.02 bits per heavy atom. The van der Waals surface area contributed by atoms with Crippen LogP contribution in [0.4, 0.5) is 16.2 Å². The summed E-state index contributed by atoms with van der Waals surface area (Å²) < 4.78 is 5.33.